The van der Waals surface area contributed by atoms with Crippen LogP contribution in [0.1, 0.15) is 25.3 Å². The van der Waals surface area contributed by atoms with E-state index >= 15 is 0 Å². The minimum absolute atomic E-state index is 0.00205. The maximum absolute atomic E-state index is 12.8. The molecular weight excluding hydrogens is 346 g/mol. The molecule has 1 amide bonds. The highest BCUT2D eigenvalue weighted by Gasteiger charge is 2.41. The fourth-order valence-corrected chi connectivity index (χ4v) is 4.60. The predicted molar refractivity (Wildman–Crippen MR) is 103 cm³/mol. The number of aromatic nitrogens is 2. The lowest BCUT2D eigenvalue weighted by Gasteiger charge is -2.25. The van der Waals surface area contributed by atoms with Gasteiger partial charge in [-0.2, -0.15) is 0 Å². The molecule has 1 fully saturated rings. The number of thiophene rings is 1. The molecule has 1 aromatic carbocycles. The van der Waals surface area contributed by atoms with Gasteiger partial charge in [0.2, 0.25) is 5.91 Å². The Balaban J connectivity index is 1.55. The number of hydrogen-bond donors (Lipinski definition) is 0. The van der Waals surface area contributed by atoms with Crippen LogP contribution in [0.25, 0.3) is 10.2 Å². The average Bonchev–Trinajstić information content (AvgIpc) is 3.22. The fraction of sp³-hybridized carbons (Fsp3) is 0.350. The number of rotatable bonds is 3. The van der Waals surface area contributed by atoms with Crippen molar-refractivity contribution in [3.63, 3.8) is 0 Å². The van der Waals surface area contributed by atoms with E-state index in [2.05, 4.69) is 31.0 Å². The molecule has 6 heteroatoms. The molecule has 1 aliphatic heterocycles. The van der Waals surface area contributed by atoms with Crippen LogP contribution in [0.4, 0.5) is 0 Å². The summed E-state index contributed by atoms with van der Waals surface area (Å²) in [4.78, 5) is 31.5. The summed E-state index contributed by atoms with van der Waals surface area (Å²) < 4.78 is 2.02. The van der Waals surface area contributed by atoms with E-state index in [0.717, 1.165) is 0 Å². The van der Waals surface area contributed by atoms with E-state index in [0.29, 0.717) is 29.2 Å². The van der Waals surface area contributed by atoms with Crippen LogP contribution in [0.2, 0.25) is 0 Å². The summed E-state index contributed by atoms with van der Waals surface area (Å²) in [6.45, 7) is 5.80. The summed E-state index contributed by atoms with van der Waals surface area (Å²) in [5.41, 5.74) is 1.80. The van der Waals surface area contributed by atoms with E-state index < -0.39 is 0 Å². The summed E-state index contributed by atoms with van der Waals surface area (Å²) in [6, 6.07) is 12.2. The molecule has 0 bridgehead atoms. The zero-order chi connectivity index (χ0) is 18.3. The average molecular weight is 367 g/mol. The highest BCUT2D eigenvalue weighted by molar-refractivity contribution is 7.17. The maximum Gasteiger partial charge on any atom is 0.271 e. The van der Waals surface area contributed by atoms with Crippen LogP contribution in [0.3, 0.4) is 0 Å². The predicted octanol–water partition coefficient (Wildman–Crippen LogP) is 3.11. The molecule has 3 heterocycles. The van der Waals surface area contributed by atoms with Gasteiger partial charge in [0, 0.05) is 19.0 Å². The summed E-state index contributed by atoms with van der Waals surface area (Å²) in [6.07, 6.45) is 1.48. The highest BCUT2D eigenvalue weighted by Crippen LogP contribution is 2.42. The smallest absolute Gasteiger partial charge is 0.271 e. The Hall–Kier alpha value is -2.47. The molecule has 0 aliphatic carbocycles. The second-order valence-electron chi connectivity index (χ2n) is 7.54. The van der Waals surface area contributed by atoms with Gasteiger partial charge in [0.25, 0.3) is 5.56 Å². The highest BCUT2D eigenvalue weighted by atomic mass is 32.1. The molecule has 4 rings (SSSR count). The first-order chi connectivity index (χ1) is 12.5. The molecule has 1 saturated heterocycles. The van der Waals surface area contributed by atoms with Crippen molar-refractivity contribution < 1.29 is 4.79 Å². The maximum atomic E-state index is 12.8. The molecule has 134 valence electrons. The van der Waals surface area contributed by atoms with Crippen molar-refractivity contribution in [1.29, 1.82) is 0 Å². The third-order valence-corrected chi connectivity index (χ3v) is 6.13. The van der Waals surface area contributed by atoms with Gasteiger partial charge >= 0.3 is 0 Å². The van der Waals surface area contributed by atoms with Crippen LogP contribution < -0.4 is 5.56 Å². The van der Waals surface area contributed by atoms with Gasteiger partial charge in [0.15, 0.2) is 0 Å². The lowest BCUT2D eigenvalue weighted by molar-refractivity contribution is -0.131. The van der Waals surface area contributed by atoms with Crippen molar-refractivity contribution in [2.24, 2.45) is 5.41 Å². The van der Waals surface area contributed by atoms with Gasteiger partial charge in [0.05, 0.1) is 11.8 Å². The monoisotopic (exact) mass is 367 g/mol. The molecule has 5 nitrogen and oxygen atoms in total. The van der Waals surface area contributed by atoms with E-state index in [1.165, 1.54) is 27.8 Å². The third kappa shape index (κ3) is 2.94. The van der Waals surface area contributed by atoms with Gasteiger partial charge < -0.3 is 4.90 Å². The molecule has 1 atom stereocenters. The zero-order valence-electron chi connectivity index (χ0n) is 14.9. The Labute approximate surface area is 155 Å². The number of likely N-dealkylation sites (tertiary alicyclic amines) is 1. The van der Waals surface area contributed by atoms with Crippen LogP contribution in [0.15, 0.2) is 52.9 Å². The van der Waals surface area contributed by atoms with Gasteiger partial charge in [-0.25, -0.2) is 4.98 Å². The van der Waals surface area contributed by atoms with E-state index in [4.69, 9.17) is 0 Å². The lowest BCUT2D eigenvalue weighted by Crippen LogP contribution is -2.35. The first-order valence-electron chi connectivity index (χ1n) is 8.71. The quantitative estimate of drug-likeness (QED) is 0.715. The Bertz CT molecular complexity index is 1010. The number of hydrogen-bond acceptors (Lipinski definition) is 4. The van der Waals surface area contributed by atoms with Gasteiger partial charge in [0.1, 0.15) is 11.2 Å². The van der Waals surface area contributed by atoms with Crippen LogP contribution in [-0.4, -0.2) is 33.4 Å². The molecule has 0 N–H and O–H groups in total. The van der Waals surface area contributed by atoms with Crippen molar-refractivity contribution in [2.45, 2.75) is 26.3 Å². The van der Waals surface area contributed by atoms with Crippen molar-refractivity contribution in [3.05, 3.63) is 64.0 Å². The molecule has 3 aromatic rings. The Morgan fingerprint density at radius 2 is 2.04 bits per heavy atom. The van der Waals surface area contributed by atoms with Crippen molar-refractivity contribution >= 4 is 27.5 Å². The first-order valence-corrected chi connectivity index (χ1v) is 9.59. The number of benzene rings is 1. The summed E-state index contributed by atoms with van der Waals surface area (Å²) in [7, 11) is 0. The fourth-order valence-electron chi connectivity index (χ4n) is 3.80. The number of amides is 1. The number of carbonyl (C=O) groups is 1. The molecule has 0 saturated carbocycles. The summed E-state index contributed by atoms with van der Waals surface area (Å²) >= 11 is 1.36. The SMILES string of the molecule is CC1(C)CN(C(=O)Cn2cnc3ccsc3c2=O)C[C@@H]1c1ccccc1. The molecule has 2 aromatic heterocycles. The topological polar surface area (TPSA) is 55.2 Å². The van der Waals surface area contributed by atoms with Gasteiger partial charge in [-0.1, -0.05) is 44.2 Å². The van der Waals surface area contributed by atoms with E-state index in [9.17, 15) is 9.59 Å². The largest absolute Gasteiger partial charge is 0.340 e. The summed E-state index contributed by atoms with van der Waals surface area (Å²) in [5, 5.41) is 1.85. The molecular formula is C20H21N3O2S. The summed E-state index contributed by atoms with van der Waals surface area (Å²) in [5.74, 6) is 0.263. The zero-order valence-corrected chi connectivity index (χ0v) is 15.7. The lowest BCUT2D eigenvalue weighted by atomic mass is 9.78. The molecule has 26 heavy (non-hydrogen) atoms. The van der Waals surface area contributed by atoms with Crippen LogP contribution in [0.5, 0.6) is 0 Å². The minimum atomic E-state index is -0.142. The van der Waals surface area contributed by atoms with E-state index in [1.54, 1.807) is 0 Å². The van der Waals surface area contributed by atoms with Gasteiger partial charge in [-0.15, -0.1) is 11.3 Å². The third-order valence-electron chi connectivity index (χ3n) is 5.24. The van der Waals surface area contributed by atoms with Gasteiger partial charge in [-0.05, 0) is 22.4 Å². The Morgan fingerprint density at radius 3 is 2.81 bits per heavy atom. The Morgan fingerprint density at radius 1 is 1.27 bits per heavy atom. The standard InChI is InChI=1S/C20H21N3O2S/c1-20(2)12-22(10-15(20)14-6-4-3-5-7-14)17(24)11-23-13-21-16-8-9-26-18(16)19(23)25/h3-9,13,15H,10-12H2,1-2H3/t15-/m1/s1. The van der Waals surface area contributed by atoms with Crippen LogP contribution in [0, 0.1) is 5.41 Å². The molecule has 1 aliphatic rings. The first kappa shape index (κ1) is 17.0. The van der Waals surface area contributed by atoms with E-state index in [1.807, 2.05) is 34.5 Å². The van der Waals surface area contributed by atoms with Crippen LogP contribution >= 0.6 is 11.3 Å². The second-order valence-corrected chi connectivity index (χ2v) is 8.45. The normalized spacial score (nSPS) is 19.2. The molecule has 0 unspecified atom stereocenters. The Kier molecular flexibility index (Phi) is 4.15. The van der Waals surface area contributed by atoms with Crippen molar-refractivity contribution in [1.82, 2.24) is 14.5 Å². The molecule has 0 spiro atoms. The molecule has 0 radical (unpaired) electrons. The van der Waals surface area contributed by atoms with Crippen molar-refractivity contribution in [2.75, 3.05) is 13.1 Å². The number of carbonyl (C=O) groups excluding carboxylic acids is 1. The number of fused-ring (bicyclic) bond motifs is 1. The van der Waals surface area contributed by atoms with Crippen molar-refractivity contribution in [3.8, 4) is 0 Å². The van der Waals surface area contributed by atoms with Crippen LogP contribution in [-0.2, 0) is 11.3 Å². The minimum Gasteiger partial charge on any atom is -0.340 e. The van der Waals surface area contributed by atoms with Gasteiger partial charge in [-0.3, -0.25) is 14.2 Å². The second kappa shape index (κ2) is 6.36. The number of nitrogens with zero attached hydrogens (tertiary/aromatic N) is 3. The van der Waals surface area contributed by atoms with E-state index in [-0.39, 0.29) is 23.4 Å².